The summed E-state index contributed by atoms with van der Waals surface area (Å²) in [6.45, 7) is 0. The number of hydrogen-bond acceptors (Lipinski definition) is 4. The van der Waals surface area contributed by atoms with Crippen molar-refractivity contribution in [3.8, 4) is 11.5 Å². The molecule has 0 fully saturated rings. The first kappa shape index (κ1) is 16.7. The molecule has 0 aliphatic carbocycles. The third-order valence-corrected chi connectivity index (χ3v) is 4.87. The maximum absolute atomic E-state index is 12.4. The lowest BCUT2D eigenvalue weighted by Crippen LogP contribution is -2.23. The first-order chi connectivity index (χ1) is 11.4. The Morgan fingerprint density at radius 2 is 1.83 bits per heavy atom. The molecule has 7 heteroatoms. The number of carbonyl (C=O) groups is 2. The minimum absolute atomic E-state index is 0.00605. The molecule has 24 heavy (non-hydrogen) atoms. The summed E-state index contributed by atoms with van der Waals surface area (Å²) in [5, 5.41) is 22.3. The number of nitrogens with one attached hydrogen (secondary N) is 1. The van der Waals surface area contributed by atoms with Crippen LogP contribution in [0, 0.1) is 0 Å². The van der Waals surface area contributed by atoms with Crippen molar-refractivity contribution in [1.29, 1.82) is 0 Å². The van der Waals surface area contributed by atoms with E-state index in [1.807, 2.05) is 0 Å². The van der Waals surface area contributed by atoms with Gasteiger partial charge in [-0.3, -0.25) is 9.59 Å². The van der Waals surface area contributed by atoms with Crippen LogP contribution in [0.25, 0.3) is 0 Å². The second kappa shape index (κ2) is 6.41. The molecule has 0 saturated heterocycles. The Hall–Kier alpha value is -2.12. The highest BCUT2D eigenvalue weighted by Gasteiger charge is 2.23. The molecule has 0 radical (unpaired) electrons. The SMILES string of the molecule is O=C1Nc2cccc(O)c2C/C1=C\C(=O)c1cc(Br)c(O)c(Br)c1. The molecule has 2 aromatic carbocycles. The van der Waals surface area contributed by atoms with Gasteiger partial charge in [-0.2, -0.15) is 0 Å². The lowest BCUT2D eigenvalue weighted by molar-refractivity contribution is -0.113. The number of benzene rings is 2. The highest BCUT2D eigenvalue weighted by Crippen LogP contribution is 2.34. The van der Waals surface area contributed by atoms with Gasteiger partial charge in [0, 0.05) is 28.8 Å². The molecule has 0 aromatic heterocycles. The molecule has 1 amide bonds. The zero-order valence-corrected chi connectivity index (χ0v) is 15.3. The standard InChI is InChI=1S/C17H11Br2NO4/c18-11-5-8(6-12(19)16(11)23)15(22)7-9-4-10-13(20-17(9)24)2-1-3-14(10)21/h1-3,5-7,21,23H,4H2,(H,20,24)/b9-7+. The molecular weight excluding hydrogens is 442 g/mol. The normalized spacial score (nSPS) is 15.1. The highest BCUT2D eigenvalue weighted by atomic mass is 79.9. The smallest absolute Gasteiger partial charge is 0.252 e. The summed E-state index contributed by atoms with van der Waals surface area (Å²) < 4.78 is 0.740. The van der Waals surface area contributed by atoms with Gasteiger partial charge >= 0.3 is 0 Å². The van der Waals surface area contributed by atoms with Crippen LogP contribution in [0.2, 0.25) is 0 Å². The number of rotatable bonds is 2. The Bertz CT molecular complexity index is 882. The van der Waals surface area contributed by atoms with E-state index in [1.165, 1.54) is 24.3 Å². The fraction of sp³-hybridized carbons (Fsp3) is 0.0588. The van der Waals surface area contributed by atoms with E-state index in [-0.39, 0.29) is 35.2 Å². The van der Waals surface area contributed by atoms with Crippen LogP contribution in [0.3, 0.4) is 0 Å². The number of fused-ring (bicyclic) bond motifs is 1. The summed E-state index contributed by atoms with van der Waals surface area (Å²) in [7, 11) is 0. The topological polar surface area (TPSA) is 86.6 Å². The van der Waals surface area contributed by atoms with E-state index in [9.17, 15) is 19.8 Å². The third kappa shape index (κ3) is 3.09. The van der Waals surface area contributed by atoms with Crippen molar-refractivity contribution in [2.45, 2.75) is 6.42 Å². The molecule has 0 spiro atoms. The van der Waals surface area contributed by atoms with Crippen LogP contribution in [0.5, 0.6) is 11.5 Å². The Kier molecular flexibility index (Phi) is 4.47. The molecule has 0 unspecified atom stereocenters. The molecule has 0 saturated carbocycles. The monoisotopic (exact) mass is 451 g/mol. The van der Waals surface area contributed by atoms with Crippen LogP contribution in [0.1, 0.15) is 15.9 Å². The molecule has 2 aromatic rings. The van der Waals surface area contributed by atoms with Crippen LogP contribution < -0.4 is 5.32 Å². The van der Waals surface area contributed by atoms with E-state index in [1.54, 1.807) is 12.1 Å². The van der Waals surface area contributed by atoms with Crippen molar-refractivity contribution in [1.82, 2.24) is 0 Å². The Morgan fingerprint density at radius 1 is 1.17 bits per heavy atom. The molecule has 1 aliphatic rings. The average molecular weight is 453 g/mol. The molecule has 3 N–H and O–H groups in total. The van der Waals surface area contributed by atoms with Gasteiger partial charge in [0.25, 0.3) is 5.91 Å². The molecule has 1 heterocycles. The van der Waals surface area contributed by atoms with Crippen molar-refractivity contribution in [2.24, 2.45) is 0 Å². The fourth-order valence-corrected chi connectivity index (χ4v) is 3.60. The zero-order chi connectivity index (χ0) is 17.4. The van der Waals surface area contributed by atoms with Crippen molar-refractivity contribution in [3.05, 3.63) is 62.1 Å². The van der Waals surface area contributed by atoms with E-state index >= 15 is 0 Å². The first-order valence-corrected chi connectivity index (χ1v) is 8.50. The Morgan fingerprint density at radius 3 is 2.50 bits per heavy atom. The Labute approximate surface area is 154 Å². The van der Waals surface area contributed by atoms with Crippen LogP contribution >= 0.6 is 31.9 Å². The highest BCUT2D eigenvalue weighted by molar-refractivity contribution is 9.11. The van der Waals surface area contributed by atoms with Crippen LogP contribution in [0.15, 0.2) is 50.9 Å². The van der Waals surface area contributed by atoms with Gasteiger partial charge < -0.3 is 15.5 Å². The maximum Gasteiger partial charge on any atom is 0.252 e. The lowest BCUT2D eigenvalue weighted by atomic mass is 9.95. The number of allylic oxidation sites excluding steroid dienone is 1. The van der Waals surface area contributed by atoms with Crippen molar-refractivity contribution in [3.63, 3.8) is 0 Å². The van der Waals surface area contributed by atoms with Gasteiger partial charge in [-0.1, -0.05) is 6.07 Å². The van der Waals surface area contributed by atoms with Gasteiger partial charge in [0.15, 0.2) is 5.78 Å². The molecule has 5 nitrogen and oxygen atoms in total. The lowest BCUT2D eigenvalue weighted by Gasteiger charge is -2.20. The van der Waals surface area contributed by atoms with E-state index in [0.29, 0.717) is 25.8 Å². The van der Waals surface area contributed by atoms with E-state index in [2.05, 4.69) is 37.2 Å². The third-order valence-electron chi connectivity index (χ3n) is 3.67. The minimum atomic E-state index is -0.377. The number of aromatic hydroxyl groups is 2. The summed E-state index contributed by atoms with van der Waals surface area (Å²) in [5.41, 5.74) is 1.69. The van der Waals surface area contributed by atoms with Crippen LogP contribution in [0.4, 0.5) is 5.69 Å². The maximum atomic E-state index is 12.4. The number of ketones is 1. The molecular formula is C17H11Br2NO4. The summed E-state index contributed by atoms with van der Waals surface area (Å²) in [4.78, 5) is 24.6. The van der Waals surface area contributed by atoms with Crippen LogP contribution in [-0.4, -0.2) is 21.9 Å². The molecule has 0 atom stereocenters. The van der Waals surface area contributed by atoms with E-state index < -0.39 is 0 Å². The number of carbonyl (C=O) groups excluding carboxylic acids is 2. The van der Waals surface area contributed by atoms with Gasteiger partial charge in [0.1, 0.15) is 11.5 Å². The zero-order valence-electron chi connectivity index (χ0n) is 12.1. The number of halogens is 2. The number of phenolic OH excluding ortho intramolecular Hbond substituents is 2. The molecule has 122 valence electrons. The second-order valence-electron chi connectivity index (χ2n) is 5.26. The predicted molar refractivity (Wildman–Crippen MR) is 96.4 cm³/mol. The van der Waals surface area contributed by atoms with Crippen molar-refractivity contribution >= 4 is 49.2 Å². The minimum Gasteiger partial charge on any atom is -0.508 e. The quantitative estimate of drug-likeness (QED) is 0.476. The predicted octanol–water partition coefficient (Wildman–Crippen LogP) is 3.93. The number of amides is 1. The molecule has 1 aliphatic heterocycles. The molecule has 3 rings (SSSR count). The molecule has 0 bridgehead atoms. The fourth-order valence-electron chi connectivity index (χ4n) is 2.42. The number of phenols is 2. The van der Waals surface area contributed by atoms with Gasteiger partial charge in [0.2, 0.25) is 0 Å². The Balaban J connectivity index is 1.95. The second-order valence-corrected chi connectivity index (χ2v) is 6.97. The van der Waals surface area contributed by atoms with Gasteiger partial charge in [-0.05, 0) is 62.2 Å². The van der Waals surface area contributed by atoms with Gasteiger partial charge in [-0.15, -0.1) is 0 Å². The summed E-state index contributed by atoms with van der Waals surface area (Å²) in [5.74, 6) is -0.687. The van der Waals surface area contributed by atoms with Crippen LogP contribution in [-0.2, 0) is 11.2 Å². The summed E-state index contributed by atoms with van der Waals surface area (Å²) in [6, 6.07) is 7.82. The van der Waals surface area contributed by atoms with Crippen molar-refractivity contribution in [2.75, 3.05) is 5.32 Å². The largest absolute Gasteiger partial charge is 0.508 e. The summed E-state index contributed by atoms with van der Waals surface area (Å²) in [6.07, 6.45) is 1.41. The van der Waals surface area contributed by atoms with Crippen molar-refractivity contribution < 1.29 is 19.8 Å². The number of anilines is 1. The van der Waals surface area contributed by atoms with Gasteiger partial charge in [0.05, 0.1) is 8.95 Å². The number of hydrogen-bond donors (Lipinski definition) is 3. The van der Waals surface area contributed by atoms with Gasteiger partial charge in [-0.25, -0.2) is 0 Å². The average Bonchev–Trinajstić information content (AvgIpc) is 2.53. The van der Waals surface area contributed by atoms with E-state index in [0.717, 1.165) is 0 Å². The first-order valence-electron chi connectivity index (χ1n) is 6.92. The van der Waals surface area contributed by atoms with E-state index in [4.69, 9.17) is 0 Å². The summed E-state index contributed by atoms with van der Waals surface area (Å²) >= 11 is 6.34.